The zero-order chi connectivity index (χ0) is 34.0. The molecule has 3 aliphatic rings. The van der Waals surface area contributed by atoms with Gasteiger partial charge in [-0.3, -0.25) is 24.2 Å². The third kappa shape index (κ3) is 9.67. The van der Waals surface area contributed by atoms with E-state index >= 15 is 0 Å². The van der Waals surface area contributed by atoms with Crippen molar-refractivity contribution < 1.29 is 46.6 Å². The third-order valence-corrected chi connectivity index (χ3v) is 9.73. The Hall–Kier alpha value is -3.17. The van der Waals surface area contributed by atoms with Gasteiger partial charge in [0.15, 0.2) is 0 Å². The highest BCUT2D eigenvalue weighted by atomic mass is 28.3. The lowest BCUT2D eigenvalue weighted by Crippen LogP contribution is -2.58. The van der Waals surface area contributed by atoms with Crippen LogP contribution in [0.25, 0.3) is 0 Å². The van der Waals surface area contributed by atoms with E-state index in [-0.39, 0.29) is 57.4 Å². The lowest BCUT2D eigenvalue weighted by atomic mass is 10.0. The Morgan fingerprint density at radius 1 is 1.09 bits per heavy atom. The van der Waals surface area contributed by atoms with E-state index in [0.717, 1.165) is 10.9 Å². The van der Waals surface area contributed by atoms with Crippen molar-refractivity contribution in [2.75, 3.05) is 33.0 Å². The van der Waals surface area contributed by atoms with Gasteiger partial charge in [0.2, 0.25) is 5.91 Å². The molecule has 0 bridgehead atoms. The molecule has 256 valence electrons. The molecule has 1 aromatic rings. The van der Waals surface area contributed by atoms with Gasteiger partial charge in [-0.1, -0.05) is 19.6 Å². The Morgan fingerprint density at radius 3 is 2.46 bits per heavy atom. The molecule has 0 aliphatic carbocycles. The summed E-state index contributed by atoms with van der Waals surface area (Å²) in [6.07, 6.45) is -5.43. The van der Waals surface area contributed by atoms with Crippen molar-refractivity contribution in [1.29, 1.82) is 0 Å². The molecular formula is C31H45F3N4O7Si. The summed E-state index contributed by atoms with van der Waals surface area (Å²) in [4.78, 5) is 55.6. The molecule has 15 heteroatoms. The predicted molar refractivity (Wildman–Crippen MR) is 165 cm³/mol. The number of carbonyl (C=O) groups excluding carboxylic acids is 4. The maximum Gasteiger partial charge on any atom is 0.408 e. The number of nitrogens with one attached hydrogen (secondary N) is 1. The number of alkyl carbamates (subject to hydrolysis) is 1. The van der Waals surface area contributed by atoms with Crippen LogP contribution >= 0.6 is 0 Å². The van der Waals surface area contributed by atoms with Crippen LogP contribution in [0, 0.1) is 0 Å². The Balaban J connectivity index is 1.45. The second-order valence-electron chi connectivity index (χ2n) is 14.4. The van der Waals surface area contributed by atoms with Crippen molar-refractivity contribution in [1.82, 2.24) is 20.0 Å². The van der Waals surface area contributed by atoms with Crippen molar-refractivity contribution in [3.8, 4) is 5.75 Å². The molecule has 1 N–H and O–H groups in total. The molecule has 2 saturated heterocycles. The van der Waals surface area contributed by atoms with E-state index in [4.69, 9.17) is 14.2 Å². The van der Waals surface area contributed by atoms with E-state index in [0.29, 0.717) is 23.5 Å². The SMILES string of the molecule is CC(C)(C)OC(=O)NC1CCN(CC(F)(F)F)CC1Oc1ccc2c(c1)CN(C1CCC(=O)N(COCC[Si](C)(C)C)C1=O)C2=O. The molecule has 3 aliphatic heterocycles. The maximum absolute atomic E-state index is 13.4. The van der Waals surface area contributed by atoms with E-state index < -0.39 is 56.6 Å². The van der Waals surface area contributed by atoms with Gasteiger partial charge in [0.1, 0.15) is 30.2 Å². The van der Waals surface area contributed by atoms with Crippen molar-refractivity contribution in [3.05, 3.63) is 29.3 Å². The van der Waals surface area contributed by atoms with Crippen molar-refractivity contribution >= 4 is 31.9 Å². The van der Waals surface area contributed by atoms with Crippen LogP contribution in [0.4, 0.5) is 18.0 Å². The minimum absolute atomic E-state index is 0.0947. The van der Waals surface area contributed by atoms with E-state index in [2.05, 4.69) is 25.0 Å². The minimum atomic E-state index is -4.40. The fourth-order valence-electron chi connectivity index (χ4n) is 5.72. The first-order chi connectivity index (χ1) is 21.3. The summed E-state index contributed by atoms with van der Waals surface area (Å²) >= 11 is 0. The molecule has 4 amide bonds. The number of halogens is 3. The minimum Gasteiger partial charge on any atom is -0.487 e. The van der Waals surface area contributed by atoms with Crippen LogP contribution in [-0.2, 0) is 25.6 Å². The molecule has 3 atom stereocenters. The zero-order valence-electron chi connectivity index (χ0n) is 27.4. The maximum atomic E-state index is 13.4. The second-order valence-corrected chi connectivity index (χ2v) is 20.0. The molecule has 0 spiro atoms. The van der Waals surface area contributed by atoms with Crippen LogP contribution in [0.15, 0.2) is 18.2 Å². The van der Waals surface area contributed by atoms with Crippen molar-refractivity contribution in [2.24, 2.45) is 0 Å². The lowest BCUT2D eigenvalue weighted by Gasteiger charge is -2.39. The smallest absolute Gasteiger partial charge is 0.408 e. The number of hydrogen-bond donors (Lipinski definition) is 1. The summed E-state index contributed by atoms with van der Waals surface area (Å²) in [6, 6.07) is 4.18. The first-order valence-electron chi connectivity index (χ1n) is 15.6. The van der Waals surface area contributed by atoms with Gasteiger partial charge >= 0.3 is 12.3 Å². The van der Waals surface area contributed by atoms with Crippen LogP contribution < -0.4 is 10.1 Å². The predicted octanol–water partition coefficient (Wildman–Crippen LogP) is 4.38. The van der Waals surface area contributed by atoms with E-state index in [1.807, 2.05) is 0 Å². The number of carbonyl (C=O) groups is 4. The van der Waals surface area contributed by atoms with Gasteiger partial charge in [-0.2, -0.15) is 13.2 Å². The summed E-state index contributed by atoms with van der Waals surface area (Å²) in [5, 5.41) is 2.74. The summed E-state index contributed by atoms with van der Waals surface area (Å²) < 4.78 is 56.8. The van der Waals surface area contributed by atoms with Gasteiger partial charge in [-0.25, -0.2) is 4.79 Å². The highest BCUT2D eigenvalue weighted by molar-refractivity contribution is 6.76. The van der Waals surface area contributed by atoms with Gasteiger partial charge < -0.3 is 24.4 Å². The number of piperidine rings is 2. The third-order valence-electron chi connectivity index (χ3n) is 8.02. The van der Waals surface area contributed by atoms with E-state index in [1.54, 1.807) is 39.0 Å². The highest BCUT2D eigenvalue weighted by Crippen LogP contribution is 2.32. The van der Waals surface area contributed by atoms with Crippen LogP contribution in [-0.4, -0.2) is 110 Å². The molecule has 4 rings (SSSR count). The molecule has 0 saturated carbocycles. The molecule has 3 unspecified atom stereocenters. The first kappa shape index (κ1) is 35.7. The summed E-state index contributed by atoms with van der Waals surface area (Å²) in [5.74, 6) is -0.862. The monoisotopic (exact) mass is 670 g/mol. The van der Waals surface area contributed by atoms with Crippen LogP contribution in [0.2, 0.25) is 25.7 Å². The number of fused-ring (bicyclic) bond motifs is 1. The summed E-state index contributed by atoms with van der Waals surface area (Å²) in [6.45, 7) is 11.0. The van der Waals surface area contributed by atoms with Gasteiger partial charge in [0, 0.05) is 46.3 Å². The summed E-state index contributed by atoms with van der Waals surface area (Å²) in [5.41, 5.74) is 0.200. The number of benzene rings is 1. The fourth-order valence-corrected chi connectivity index (χ4v) is 6.48. The van der Waals surface area contributed by atoms with Crippen LogP contribution in [0.1, 0.15) is 56.0 Å². The molecular weight excluding hydrogens is 625 g/mol. The second kappa shape index (κ2) is 13.9. The quantitative estimate of drug-likeness (QED) is 0.222. The van der Waals surface area contributed by atoms with E-state index in [9.17, 15) is 32.3 Å². The van der Waals surface area contributed by atoms with Crippen molar-refractivity contribution in [2.45, 2.75) is 102 Å². The standard InChI is InChI=1S/C31H45F3N4O7Si/c1-30(2,3)45-29(42)35-23-11-12-36(18-31(32,33)34)17-25(23)44-21-7-8-22-20(15-21)16-37(27(22)40)24-9-10-26(39)38(28(24)41)19-43-13-14-46(4,5)6/h7-8,15,23-25H,9-14,16-19H2,1-6H3,(H,35,42). The number of ether oxygens (including phenoxy) is 3. The number of amides is 4. The number of imide groups is 1. The number of likely N-dealkylation sites (tertiary alicyclic amines) is 2. The molecule has 2 fully saturated rings. The molecule has 3 heterocycles. The Kier molecular flexibility index (Phi) is 10.8. The summed E-state index contributed by atoms with van der Waals surface area (Å²) in [7, 11) is -1.36. The number of hydrogen-bond acceptors (Lipinski definition) is 8. The van der Waals surface area contributed by atoms with Crippen molar-refractivity contribution in [3.63, 3.8) is 0 Å². The number of rotatable bonds is 10. The highest BCUT2D eigenvalue weighted by Gasteiger charge is 2.43. The topological polar surface area (TPSA) is 118 Å². The van der Waals surface area contributed by atoms with E-state index in [1.165, 1.54) is 9.80 Å². The van der Waals surface area contributed by atoms with Gasteiger partial charge in [0.05, 0.1) is 12.6 Å². The Bertz CT molecular complexity index is 1310. The average Bonchev–Trinajstić information content (AvgIpc) is 3.22. The number of nitrogens with zero attached hydrogens (tertiary/aromatic N) is 3. The molecule has 11 nitrogen and oxygen atoms in total. The molecule has 1 aromatic carbocycles. The largest absolute Gasteiger partial charge is 0.487 e. The molecule has 0 aromatic heterocycles. The normalized spacial score (nSPS) is 23.1. The van der Waals surface area contributed by atoms with Crippen LogP contribution in [0.5, 0.6) is 5.75 Å². The average molecular weight is 671 g/mol. The fraction of sp³-hybridized carbons (Fsp3) is 0.677. The Labute approximate surface area is 268 Å². The van der Waals surface area contributed by atoms with Gasteiger partial charge in [-0.15, -0.1) is 0 Å². The van der Waals surface area contributed by atoms with Gasteiger partial charge in [-0.05, 0) is 63.4 Å². The first-order valence-corrected chi connectivity index (χ1v) is 19.3. The lowest BCUT2D eigenvalue weighted by molar-refractivity contribution is -0.158. The zero-order valence-corrected chi connectivity index (χ0v) is 28.4. The molecule has 46 heavy (non-hydrogen) atoms. The number of alkyl halides is 3. The molecule has 0 radical (unpaired) electrons. The van der Waals surface area contributed by atoms with Gasteiger partial charge in [0.25, 0.3) is 11.8 Å². The van der Waals surface area contributed by atoms with Crippen LogP contribution in [0.3, 0.4) is 0 Å². The Morgan fingerprint density at radius 2 is 1.80 bits per heavy atom.